The van der Waals surface area contributed by atoms with Crippen molar-refractivity contribution < 1.29 is 28.9 Å². The number of ether oxygens (including phenoxy) is 3. The van der Waals surface area contributed by atoms with Crippen LogP contribution in [0.2, 0.25) is 0 Å². The zero-order valence-corrected chi connectivity index (χ0v) is 14.3. The largest absolute Gasteiger partial charge is 0.426 e. The summed E-state index contributed by atoms with van der Waals surface area (Å²) in [5.41, 5.74) is 0.913. The quantitative estimate of drug-likeness (QED) is 0.635. The van der Waals surface area contributed by atoms with Gasteiger partial charge in [-0.1, -0.05) is 6.07 Å². The maximum atomic E-state index is 12.5. The standard InChI is InChI=1S/C17H23NO6/c1-10-12(6-5-7-15(10)24-11(2)19)16(21)18-13-8-22-17(3,4)23-9-14(13)20/h5-7,13-14,20H,8-9H2,1-4H3,(H,18,21). The van der Waals surface area contributed by atoms with Crippen molar-refractivity contribution in [2.45, 2.75) is 45.6 Å². The first kappa shape index (κ1) is 18.4. The number of aliphatic hydroxyl groups excluding tert-OH is 1. The van der Waals surface area contributed by atoms with Crippen molar-refractivity contribution in [1.29, 1.82) is 0 Å². The summed E-state index contributed by atoms with van der Waals surface area (Å²) in [6.45, 7) is 6.67. The first-order valence-corrected chi connectivity index (χ1v) is 7.74. The number of aliphatic hydroxyl groups is 1. The molecule has 0 spiro atoms. The molecule has 132 valence electrons. The molecule has 24 heavy (non-hydrogen) atoms. The molecule has 1 aliphatic rings. The van der Waals surface area contributed by atoms with E-state index in [0.717, 1.165) is 0 Å². The second kappa shape index (κ2) is 7.29. The third kappa shape index (κ3) is 4.53. The van der Waals surface area contributed by atoms with Crippen LogP contribution in [0.3, 0.4) is 0 Å². The fraction of sp³-hybridized carbons (Fsp3) is 0.529. The molecule has 0 aromatic heterocycles. The molecule has 1 fully saturated rings. The molecule has 1 aliphatic heterocycles. The van der Waals surface area contributed by atoms with Gasteiger partial charge < -0.3 is 24.6 Å². The van der Waals surface area contributed by atoms with Crippen molar-refractivity contribution in [2.75, 3.05) is 13.2 Å². The number of hydrogen-bond acceptors (Lipinski definition) is 6. The van der Waals surface area contributed by atoms with Gasteiger partial charge in [0.05, 0.1) is 25.4 Å². The number of carbonyl (C=O) groups excluding carboxylic acids is 2. The van der Waals surface area contributed by atoms with E-state index in [1.54, 1.807) is 39.0 Å². The second-order valence-electron chi connectivity index (χ2n) is 6.19. The summed E-state index contributed by atoms with van der Waals surface area (Å²) in [4.78, 5) is 23.7. The molecule has 0 aliphatic carbocycles. The Labute approximate surface area is 140 Å². The summed E-state index contributed by atoms with van der Waals surface area (Å²) < 4.78 is 16.1. The Morgan fingerprint density at radius 2 is 1.96 bits per heavy atom. The fourth-order valence-corrected chi connectivity index (χ4v) is 2.36. The topological polar surface area (TPSA) is 94.1 Å². The maximum absolute atomic E-state index is 12.5. The molecule has 1 amide bonds. The molecule has 0 radical (unpaired) electrons. The Balaban J connectivity index is 2.13. The zero-order chi connectivity index (χ0) is 17.9. The molecule has 7 heteroatoms. The highest BCUT2D eigenvalue weighted by molar-refractivity contribution is 5.96. The van der Waals surface area contributed by atoms with Crippen LogP contribution in [0, 0.1) is 6.92 Å². The van der Waals surface area contributed by atoms with E-state index in [0.29, 0.717) is 16.9 Å². The van der Waals surface area contributed by atoms with Crippen LogP contribution >= 0.6 is 0 Å². The third-order valence-electron chi connectivity index (χ3n) is 3.78. The van der Waals surface area contributed by atoms with Crippen LogP contribution in [-0.2, 0) is 14.3 Å². The van der Waals surface area contributed by atoms with Crippen molar-refractivity contribution in [3.05, 3.63) is 29.3 Å². The van der Waals surface area contributed by atoms with Crippen LogP contribution in [0.25, 0.3) is 0 Å². The van der Waals surface area contributed by atoms with Gasteiger partial charge in [0, 0.05) is 18.1 Å². The lowest BCUT2D eigenvalue weighted by Crippen LogP contribution is -2.47. The van der Waals surface area contributed by atoms with E-state index >= 15 is 0 Å². The number of nitrogens with one attached hydrogen (secondary N) is 1. The van der Waals surface area contributed by atoms with Gasteiger partial charge in [-0.05, 0) is 32.9 Å². The Morgan fingerprint density at radius 3 is 2.62 bits per heavy atom. The highest BCUT2D eigenvalue weighted by Crippen LogP contribution is 2.22. The van der Waals surface area contributed by atoms with Crippen LogP contribution in [0.4, 0.5) is 0 Å². The lowest BCUT2D eigenvalue weighted by atomic mass is 10.1. The normalized spacial score (nSPS) is 23.2. The highest BCUT2D eigenvalue weighted by atomic mass is 16.7. The summed E-state index contributed by atoms with van der Waals surface area (Å²) in [6, 6.07) is 4.28. The van der Waals surface area contributed by atoms with Gasteiger partial charge in [-0.2, -0.15) is 0 Å². The fourth-order valence-electron chi connectivity index (χ4n) is 2.36. The SMILES string of the molecule is CC(=O)Oc1cccc(C(=O)NC2COC(C)(C)OCC2O)c1C. The van der Waals surface area contributed by atoms with Crippen LogP contribution in [-0.4, -0.2) is 48.1 Å². The first-order chi connectivity index (χ1) is 11.2. The van der Waals surface area contributed by atoms with Gasteiger partial charge in [-0.25, -0.2) is 0 Å². The van der Waals surface area contributed by atoms with Crippen LogP contribution in [0.5, 0.6) is 5.75 Å². The maximum Gasteiger partial charge on any atom is 0.308 e. The third-order valence-corrected chi connectivity index (χ3v) is 3.78. The highest BCUT2D eigenvalue weighted by Gasteiger charge is 2.32. The molecule has 2 atom stereocenters. The van der Waals surface area contributed by atoms with E-state index in [1.165, 1.54) is 6.92 Å². The molecule has 0 saturated carbocycles. The van der Waals surface area contributed by atoms with Crippen molar-refractivity contribution in [1.82, 2.24) is 5.32 Å². The lowest BCUT2D eigenvalue weighted by Gasteiger charge is -2.23. The first-order valence-electron chi connectivity index (χ1n) is 7.74. The average molecular weight is 337 g/mol. The molecule has 2 rings (SSSR count). The zero-order valence-electron chi connectivity index (χ0n) is 14.3. The van der Waals surface area contributed by atoms with Crippen LogP contribution in [0.1, 0.15) is 36.7 Å². The molecular weight excluding hydrogens is 314 g/mol. The summed E-state index contributed by atoms with van der Waals surface area (Å²) in [5, 5.41) is 12.9. The summed E-state index contributed by atoms with van der Waals surface area (Å²) in [7, 11) is 0. The number of esters is 1. The predicted molar refractivity (Wildman–Crippen MR) is 85.7 cm³/mol. The Kier molecular flexibility index (Phi) is 5.58. The molecular formula is C17H23NO6. The van der Waals surface area contributed by atoms with E-state index < -0.39 is 23.9 Å². The van der Waals surface area contributed by atoms with Crippen molar-refractivity contribution >= 4 is 11.9 Å². The predicted octanol–water partition coefficient (Wildman–Crippen LogP) is 1.16. The number of rotatable bonds is 3. The lowest BCUT2D eigenvalue weighted by molar-refractivity contribution is -0.203. The molecule has 1 saturated heterocycles. The van der Waals surface area contributed by atoms with Crippen molar-refractivity contribution in [3.8, 4) is 5.75 Å². The van der Waals surface area contributed by atoms with Gasteiger partial charge in [0.1, 0.15) is 5.75 Å². The smallest absolute Gasteiger partial charge is 0.308 e. The minimum absolute atomic E-state index is 0.0599. The van der Waals surface area contributed by atoms with Gasteiger partial charge in [0.15, 0.2) is 5.79 Å². The van der Waals surface area contributed by atoms with Gasteiger partial charge in [-0.15, -0.1) is 0 Å². The van der Waals surface area contributed by atoms with E-state index in [9.17, 15) is 14.7 Å². The monoisotopic (exact) mass is 337 g/mol. The average Bonchev–Trinajstić information content (AvgIpc) is 2.62. The Morgan fingerprint density at radius 1 is 1.29 bits per heavy atom. The number of hydrogen-bond donors (Lipinski definition) is 2. The van der Waals surface area contributed by atoms with Crippen molar-refractivity contribution in [2.24, 2.45) is 0 Å². The van der Waals surface area contributed by atoms with Crippen LogP contribution < -0.4 is 10.1 Å². The summed E-state index contributed by atoms with van der Waals surface area (Å²) in [5.74, 6) is -1.32. The van der Waals surface area contributed by atoms with E-state index in [1.807, 2.05) is 0 Å². The summed E-state index contributed by atoms with van der Waals surface area (Å²) >= 11 is 0. The van der Waals surface area contributed by atoms with Gasteiger partial charge in [-0.3, -0.25) is 9.59 Å². The number of carbonyl (C=O) groups is 2. The number of benzene rings is 1. The van der Waals surface area contributed by atoms with E-state index in [2.05, 4.69) is 5.32 Å². The minimum atomic E-state index is -0.882. The van der Waals surface area contributed by atoms with Gasteiger partial charge in [0.25, 0.3) is 5.91 Å². The van der Waals surface area contributed by atoms with Crippen molar-refractivity contribution in [3.63, 3.8) is 0 Å². The van der Waals surface area contributed by atoms with E-state index in [-0.39, 0.29) is 19.1 Å². The Bertz CT molecular complexity index is 628. The van der Waals surface area contributed by atoms with Crippen LogP contribution in [0.15, 0.2) is 18.2 Å². The van der Waals surface area contributed by atoms with Gasteiger partial charge in [0.2, 0.25) is 0 Å². The molecule has 0 bridgehead atoms. The summed E-state index contributed by atoms with van der Waals surface area (Å²) in [6.07, 6.45) is -0.882. The molecule has 2 unspecified atom stereocenters. The minimum Gasteiger partial charge on any atom is -0.426 e. The van der Waals surface area contributed by atoms with Gasteiger partial charge >= 0.3 is 5.97 Å². The van der Waals surface area contributed by atoms with E-state index in [4.69, 9.17) is 14.2 Å². The second-order valence-corrected chi connectivity index (χ2v) is 6.19. The molecule has 1 heterocycles. The molecule has 1 aromatic rings. The Hall–Kier alpha value is -1.96. The molecule has 1 aromatic carbocycles. The number of amides is 1. The molecule has 2 N–H and O–H groups in total. The molecule has 7 nitrogen and oxygen atoms in total.